The van der Waals surface area contributed by atoms with Gasteiger partial charge in [-0.1, -0.05) is 18.2 Å². The molecule has 0 aliphatic carbocycles. The summed E-state index contributed by atoms with van der Waals surface area (Å²) < 4.78 is 0. The maximum Gasteiger partial charge on any atom is 0.119 e. The number of hydrogen-bond acceptors (Lipinski definition) is 3. The Labute approximate surface area is 75.0 Å². The summed E-state index contributed by atoms with van der Waals surface area (Å²) in [4.78, 5) is 0. The van der Waals surface area contributed by atoms with Gasteiger partial charge in [-0.05, 0) is 6.07 Å². The van der Waals surface area contributed by atoms with Gasteiger partial charge in [-0.15, -0.1) is 0 Å². The Hall–Kier alpha value is -1.84. The van der Waals surface area contributed by atoms with Crippen molar-refractivity contribution in [3.8, 4) is 11.3 Å². The van der Waals surface area contributed by atoms with Crippen LogP contribution in [-0.2, 0) is 6.54 Å². The molecule has 0 bridgehead atoms. The van der Waals surface area contributed by atoms with Gasteiger partial charge in [0.1, 0.15) is 11.4 Å². The van der Waals surface area contributed by atoms with E-state index in [1.165, 1.54) is 0 Å². The molecule has 0 radical (unpaired) electrons. The van der Waals surface area contributed by atoms with Crippen molar-refractivity contribution in [3.63, 3.8) is 0 Å². The second kappa shape index (κ2) is 2.32. The van der Waals surface area contributed by atoms with E-state index in [1.54, 1.807) is 0 Å². The molecular weight excluding hydrogens is 164 g/mol. The summed E-state index contributed by atoms with van der Waals surface area (Å²) in [7, 11) is 0. The minimum atomic E-state index is 0.753. The molecule has 1 aromatic heterocycles. The van der Waals surface area contributed by atoms with Crippen LogP contribution in [0.1, 0.15) is 5.69 Å². The molecule has 1 aromatic carbocycles. The van der Waals surface area contributed by atoms with Gasteiger partial charge in [0.25, 0.3) is 0 Å². The highest BCUT2D eigenvalue weighted by molar-refractivity contribution is 5.79. The highest BCUT2D eigenvalue weighted by atomic mass is 15.3. The molecule has 0 saturated heterocycles. The van der Waals surface area contributed by atoms with Crippen molar-refractivity contribution in [3.05, 3.63) is 30.0 Å². The van der Waals surface area contributed by atoms with Gasteiger partial charge < -0.3 is 5.32 Å². The topological polar surface area (TPSA) is 53.6 Å². The van der Waals surface area contributed by atoms with E-state index in [4.69, 9.17) is 0 Å². The predicted molar refractivity (Wildman–Crippen MR) is 49.1 cm³/mol. The molecule has 1 aliphatic rings. The molecule has 0 fully saturated rings. The van der Waals surface area contributed by atoms with Gasteiger partial charge in [0.05, 0.1) is 6.54 Å². The van der Waals surface area contributed by atoms with Crippen LogP contribution >= 0.6 is 0 Å². The Morgan fingerprint density at radius 1 is 1.15 bits per heavy atom. The zero-order chi connectivity index (χ0) is 8.67. The molecule has 2 aromatic rings. The highest BCUT2D eigenvalue weighted by Crippen LogP contribution is 2.31. The first-order valence-electron chi connectivity index (χ1n) is 4.18. The normalized spacial score (nSPS) is 12.9. The van der Waals surface area contributed by atoms with Crippen molar-refractivity contribution < 1.29 is 0 Å². The lowest BCUT2D eigenvalue weighted by Gasteiger charge is -2.15. The molecule has 2 N–H and O–H groups in total. The summed E-state index contributed by atoms with van der Waals surface area (Å²) in [5.41, 5.74) is 4.20. The number of nitrogens with zero attached hydrogens (tertiary/aromatic N) is 2. The predicted octanol–water partition coefficient (Wildman–Crippen LogP) is 1.40. The van der Waals surface area contributed by atoms with Gasteiger partial charge in [0, 0.05) is 11.3 Å². The Kier molecular flexibility index (Phi) is 1.19. The van der Waals surface area contributed by atoms with Crippen LogP contribution in [0.5, 0.6) is 0 Å². The Balaban J connectivity index is 2.30. The molecule has 1 aliphatic heterocycles. The molecule has 3 rings (SSSR count). The monoisotopic (exact) mass is 172 g/mol. The van der Waals surface area contributed by atoms with Crippen LogP contribution in [0.2, 0.25) is 0 Å². The minimum Gasteiger partial charge on any atom is -0.379 e. The molecule has 2 heterocycles. The number of fused-ring (bicyclic) bond motifs is 3. The average molecular weight is 172 g/mol. The van der Waals surface area contributed by atoms with Crippen LogP contribution in [0.25, 0.3) is 11.3 Å². The maximum atomic E-state index is 4.12. The van der Waals surface area contributed by atoms with Crippen molar-refractivity contribution in [1.29, 1.82) is 0 Å². The first-order chi connectivity index (χ1) is 6.45. The Bertz CT molecular complexity index is 446. The molecule has 4 heteroatoms. The van der Waals surface area contributed by atoms with Crippen molar-refractivity contribution in [2.75, 3.05) is 5.32 Å². The molecule has 64 valence electrons. The minimum absolute atomic E-state index is 0.753. The first-order valence-corrected chi connectivity index (χ1v) is 4.18. The van der Waals surface area contributed by atoms with E-state index in [0.29, 0.717) is 0 Å². The number of hydrogen-bond donors (Lipinski definition) is 2. The van der Waals surface area contributed by atoms with Crippen molar-refractivity contribution in [2.45, 2.75) is 6.54 Å². The van der Waals surface area contributed by atoms with Crippen LogP contribution in [0.3, 0.4) is 0 Å². The van der Waals surface area contributed by atoms with E-state index in [-0.39, 0.29) is 0 Å². The third-order valence-corrected chi connectivity index (χ3v) is 2.25. The number of aromatic nitrogens is 3. The van der Waals surface area contributed by atoms with Crippen LogP contribution in [0.4, 0.5) is 5.69 Å². The molecule has 13 heavy (non-hydrogen) atoms. The average Bonchev–Trinajstić information content (AvgIpc) is 2.65. The lowest BCUT2D eigenvalue weighted by Crippen LogP contribution is -2.07. The quantitative estimate of drug-likeness (QED) is 0.631. The van der Waals surface area contributed by atoms with Gasteiger partial charge >= 0.3 is 0 Å². The Morgan fingerprint density at radius 2 is 2.08 bits per heavy atom. The SMILES string of the molecule is c1ccc2c(c1)NCc1n[nH]nc1-2. The van der Waals surface area contributed by atoms with Crippen molar-refractivity contribution >= 4 is 5.69 Å². The largest absolute Gasteiger partial charge is 0.379 e. The fraction of sp³-hybridized carbons (Fsp3) is 0.111. The molecule has 4 nitrogen and oxygen atoms in total. The number of nitrogens with one attached hydrogen (secondary N) is 2. The maximum absolute atomic E-state index is 4.12. The van der Waals surface area contributed by atoms with E-state index >= 15 is 0 Å². The molecule has 0 atom stereocenters. The zero-order valence-corrected chi connectivity index (χ0v) is 6.91. The lowest BCUT2D eigenvalue weighted by molar-refractivity contribution is 0.913. The Morgan fingerprint density at radius 3 is 3.08 bits per heavy atom. The van der Waals surface area contributed by atoms with Crippen LogP contribution < -0.4 is 5.32 Å². The molecule has 0 saturated carbocycles. The zero-order valence-electron chi connectivity index (χ0n) is 6.91. The molecule has 0 unspecified atom stereocenters. The highest BCUT2D eigenvalue weighted by Gasteiger charge is 2.17. The van der Waals surface area contributed by atoms with E-state index in [9.17, 15) is 0 Å². The molecule has 0 amide bonds. The van der Waals surface area contributed by atoms with Gasteiger partial charge in [-0.2, -0.15) is 15.4 Å². The summed E-state index contributed by atoms with van der Waals surface area (Å²) in [6, 6.07) is 8.11. The van der Waals surface area contributed by atoms with Crippen LogP contribution in [0, 0.1) is 0 Å². The fourth-order valence-corrected chi connectivity index (χ4v) is 1.61. The summed E-state index contributed by atoms with van der Waals surface area (Å²) >= 11 is 0. The van der Waals surface area contributed by atoms with Gasteiger partial charge in [-0.3, -0.25) is 0 Å². The fourth-order valence-electron chi connectivity index (χ4n) is 1.61. The number of anilines is 1. The summed E-state index contributed by atoms with van der Waals surface area (Å²) in [6.07, 6.45) is 0. The first kappa shape index (κ1) is 6.65. The summed E-state index contributed by atoms with van der Waals surface area (Å²) in [5.74, 6) is 0. The number of rotatable bonds is 0. The smallest absolute Gasteiger partial charge is 0.119 e. The number of para-hydroxylation sites is 1. The van der Waals surface area contributed by atoms with E-state index < -0.39 is 0 Å². The van der Waals surface area contributed by atoms with Crippen molar-refractivity contribution in [2.24, 2.45) is 0 Å². The lowest BCUT2D eigenvalue weighted by atomic mass is 10.0. The second-order valence-corrected chi connectivity index (χ2v) is 3.02. The van der Waals surface area contributed by atoms with Gasteiger partial charge in [0.15, 0.2) is 0 Å². The van der Waals surface area contributed by atoms with Crippen LogP contribution in [-0.4, -0.2) is 15.4 Å². The molecular formula is C9H8N4. The van der Waals surface area contributed by atoms with Crippen molar-refractivity contribution in [1.82, 2.24) is 15.4 Å². The second-order valence-electron chi connectivity index (χ2n) is 3.02. The number of benzene rings is 1. The van der Waals surface area contributed by atoms with Gasteiger partial charge in [0.2, 0.25) is 0 Å². The number of aromatic amines is 1. The van der Waals surface area contributed by atoms with E-state index in [2.05, 4.69) is 20.7 Å². The summed E-state index contributed by atoms with van der Waals surface area (Å²) in [5, 5.41) is 14.1. The third-order valence-electron chi connectivity index (χ3n) is 2.25. The molecule has 0 spiro atoms. The third kappa shape index (κ3) is 0.853. The van der Waals surface area contributed by atoms with Gasteiger partial charge in [-0.25, -0.2) is 0 Å². The standard InChI is InChI=1S/C9H8N4/c1-2-4-7-6(3-1)9-8(5-10-7)11-13-12-9/h1-4,10H,5H2,(H,11,12,13). The summed E-state index contributed by atoms with van der Waals surface area (Å²) in [6.45, 7) is 0.753. The van der Waals surface area contributed by atoms with E-state index in [1.807, 2.05) is 24.3 Å². The van der Waals surface area contributed by atoms with Crippen LogP contribution in [0.15, 0.2) is 24.3 Å². The van der Waals surface area contributed by atoms with E-state index in [0.717, 1.165) is 29.2 Å². The number of H-pyrrole nitrogens is 1.